The summed E-state index contributed by atoms with van der Waals surface area (Å²) >= 11 is 0. The summed E-state index contributed by atoms with van der Waals surface area (Å²) in [5.74, 6) is 0.695. The van der Waals surface area contributed by atoms with Crippen LogP contribution >= 0.6 is 0 Å². The molecular formula is C23H26N2O2. The lowest BCUT2D eigenvalue weighted by Crippen LogP contribution is -2.29. The first-order chi connectivity index (χ1) is 13.2. The van der Waals surface area contributed by atoms with Crippen LogP contribution in [0, 0.1) is 6.92 Å². The molecule has 1 aromatic heterocycles. The number of ether oxygens (including phenoxy) is 1. The second-order valence-electron chi connectivity index (χ2n) is 7.27. The predicted octanol–water partition coefficient (Wildman–Crippen LogP) is 4.51. The van der Waals surface area contributed by atoms with Crippen LogP contribution in [0.25, 0.3) is 0 Å². The number of hydrogen-bond donors (Lipinski definition) is 1. The van der Waals surface area contributed by atoms with Gasteiger partial charge in [0.15, 0.2) is 11.5 Å². The fourth-order valence-electron chi connectivity index (χ4n) is 4.00. The number of phenols is 1. The Kier molecular flexibility index (Phi) is 4.90. The van der Waals surface area contributed by atoms with Crippen molar-refractivity contribution in [2.24, 2.45) is 0 Å². The number of aromatic hydroxyl groups is 1. The Morgan fingerprint density at radius 2 is 1.89 bits per heavy atom. The number of nitrogens with zero attached hydrogens (tertiary/aromatic N) is 2. The highest BCUT2D eigenvalue weighted by Gasteiger charge is 2.28. The fraction of sp³-hybridized carbons (Fsp3) is 0.304. The maximum atomic E-state index is 10.3. The van der Waals surface area contributed by atoms with Crippen LogP contribution < -0.4 is 4.74 Å². The van der Waals surface area contributed by atoms with E-state index in [4.69, 9.17) is 4.74 Å². The van der Waals surface area contributed by atoms with Gasteiger partial charge in [-0.25, -0.2) is 0 Å². The summed E-state index contributed by atoms with van der Waals surface area (Å²) in [5, 5.41) is 10.3. The van der Waals surface area contributed by atoms with Gasteiger partial charge in [0.2, 0.25) is 0 Å². The number of phenolic OH excluding ortho intramolecular Hbond substituents is 1. The van der Waals surface area contributed by atoms with Crippen molar-refractivity contribution in [1.82, 2.24) is 9.47 Å². The van der Waals surface area contributed by atoms with E-state index >= 15 is 0 Å². The molecule has 4 heteroatoms. The van der Waals surface area contributed by atoms with E-state index in [9.17, 15) is 5.11 Å². The van der Waals surface area contributed by atoms with E-state index in [-0.39, 0.29) is 11.8 Å². The van der Waals surface area contributed by atoms with Crippen molar-refractivity contribution < 1.29 is 9.84 Å². The molecule has 0 saturated carbocycles. The Labute approximate surface area is 160 Å². The Balaban J connectivity index is 1.74. The molecule has 0 saturated heterocycles. The third-order valence-electron chi connectivity index (χ3n) is 5.38. The van der Waals surface area contributed by atoms with Gasteiger partial charge >= 0.3 is 0 Å². The van der Waals surface area contributed by atoms with E-state index in [1.54, 1.807) is 7.11 Å². The third kappa shape index (κ3) is 3.58. The Bertz CT molecular complexity index is 914. The molecule has 0 radical (unpaired) electrons. The predicted molar refractivity (Wildman–Crippen MR) is 107 cm³/mol. The highest BCUT2D eigenvalue weighted by atomic mass is 16.5. The summed E-state index contributed by atoms with van der Waals surface area (Å²) in [5.41, 5.74) is 4.94. The van der Waals surface area contributed by atoms with Gasteiger partial charge in [0.25, 0.3) is 0 Å². The first kappa shape index (κ1) is 17.7. The number of rotatable bonds is 4. The molecule has 0 fully saturated rings. The van der Waals surface area contributed by atoms with Crippen LogP contribution in [0.1, 0.15) is 34.8 Å². The maximum Gasteiger partial charge on any atom is 0.160 e. The second-order valence-corrected chi connectivity index (χ2v) is 7.27. The van der Waals surface area contributed by atoms with Crippen LogP contribution in [-0.2, 0) is 13.1 Å². The number of benzene rings is 2. The molecule has 27 heavy (non-hydrogen) atoms. The Morgan fingerprint density at radius 3 is 2.63 bits per heavy atom. The van der Waals surface area contributed by atoms with Crippen LogP contribution in [0.5, 0.6) is 11.5 Å². The molecule has 1 aliphatic heterocycles. The Hall–Kier alpha value is -2.72. The SMILES string of the molecule is COc1ccc([C@@H]2c3cccn3CCCN2Cc2ccc(C)cc2)cc1O. The van der Waals surface area contributed by atoms with Crippen LogP contribution in [0.15, 0.2) is 60.8 Å². The van der Waals surface area contributed by atoms with E-state index in [0.717, 1.165) is 31.6 Å². The average Bonchev–Trinajstić information content (AvgIpc) is 3.05. The topological polar surface area (TPSA) is 37.6 Å². The molecule has 0 aliphatic carbocycles. The van der Waals surface area contributed by atoms with Gasteiger partial charge in [-0.05, 0) is 48.7 Å². The Morgan fingerprint density at radius 1 is 1.07 bits per heavy atom. The first-order valence-corrected chi connectivity index (χ1v) is 9.47. The largest absolute Gasteiger partial charge is 0.504 e. The normalized spacial score (nSPS) is 17.3. The van der Waals surface area contributed by atoms with Gasteiger partial charge in [0, 0.05) is 31.5 Å². The summed E-state index contributed by atoms with van der Waals surface area (Å²) in [7, 11) is 1.58. The molecule has 140 valence electrons. The van der Waals surface area contributed by atoms with Crippen LogP contribution in [0.3, 0.4) is 0 Å². The van der Waals surface area contributed by atoms with Gasteiger partial charge in [0.05, 0.1) is 13.2 Å². The van der Waals surface area contributed by atoms with E-state index in [0.29, 0.717) is 5.75 Å². The van der Waals surface area contributed by atoms with Gasteiger partial charge in [-0.15, -0.1) is 0 Å². The molecule has 2 aromatic carbocycles. The summed E-state index contributed by atoms with van der Waals surface area (Å²) in [6.45, 7) is 5.02. The molecule has 4 rings (SSSR count). The zero-order valence-electron chi connectivity index (χ0n) is 15.9. The van der Waals surface area contributed by atoms with Crippen LogP contribution in [0.2, 0.25) is 0 Å². The molecular weight excluding hydrogens is 336 g/mol. The van der Waals surface area contributed by atoms with Gasteiger partial charge < -0.3 is 14.4 Å². The molecule has 0 unspecified atom stereocenters. The van der Waals surface area contributed by atoms with Crippen molar-refractivity contribution in [1.29, 1.82) is 0 Å². The standard InChI is InChI=1S/C23H26N2O2/c1-17-6-8-18(9-7-17)16-25-14-4-13-24-12-3-5-20(24)23(25)19-10-11-22(27-2)21(26)15-19/h3,5-12,15,23,26H,4,13-14,16H2,1-2H3/t23-/m1/s1. The second kappa shape index (κ2) is 7.49. The van der Waals surface area contributed by atoms with Crippen molar-refractivity contribution in [3.63, 3.8) is 0 Å². The molecule has 1 N–H and O–H groups in total. The fourth-order valence-corrected chi connectivity index (χ4v) is 4.00. The third-order valence-corrected chi connectivity index (χ3v) is 5.38. The van der Waals surface area contributed by atoms with Crippen LogP contribution in [0.4, 0.5) is 0 Å². The number of aryl methyl sites for hydroxylation is 2. The summed E-state index contributed by atoms with van der Waals surface area (Å²) < 4.78 is 7.57. The summed E-state index contributed by atoms with van der Waals surface area (Å²) in [6, 6.07) is 18.9. The molecule has 1 atom stereocenters. The smallest absolute Gasteiger partial charge is 0.160 e. The highest BCUT2D eigenvalue weighted by molar-refractivity contribution is 5.44. The number of aromatic nitrogens is 1. The zero-order chi connectivity index (χ0) is 18.8. The zero-order valence-corrected chi connectivity index (χ0v) is 15.9. The minimum absolute atomic E-state index is 0.0978. The molecule has 0 bridgehead atoms. The van der Waals surface area contributed by atoms with Crippen LogP contribution in [-0.4, -0.2) is 28.2 Å². The number of methoxy groups -OCH3 is 1. The number of hydrogen-bond acceptors (Lipinski definition) is 3. The molecule has 3 aromatic rings. The van der Waals surface area contributed by atoms with E-state index in [1.807, 2.05) is 12.1 Å². The lowest BCUT2D eigenvalue weighted by molar-refractivity contribution is 0.220. The maximum absolute atomic E-state index is 10.3. The van der Waals surface area contributed by atoms with Gasteiger partial charge in [-0.1, -0.05) is 35.9 Å². The molecule has 2 heterocycles. The van der Waals surface area contributed by atoms with Gasteiger partial charge in [0.1, 0.15) is 0 Å². The number of fused-ring (bicyclic) bond motifs is 1. The quantitative estimate of drug-likeness (QED) is 0.742. The van der Waals surface area contributed by atoms with E-state index < -0.39 is 0 Å². The minimum Gasteiger partial charge on any atom is -0.504 e. The first-order valence-electron chi connectivity index (χ1n) is 9.47. The van der Waals surface area contributed by atoms with E-state index in [2.05, 4.69) is 65.1 Å². The van der Waals surface area contributed by atoms with Crippen molar-refractivity contribution in [2.45, 2.75) is 32.5 Å². The summed E-state index contributed by atoms with van der Waals surface area (Å²) in [4.78, 5) is 2.50. The van der Waals surface area contributed by atoms with Crippen molar-refractivity contribution >= 4 is 0 Å². The van der Waals surface area contributed by atoms with Gasteiger partial charge in [-0.3, -0.25) is 4.90 Å². The molecule has 0 spiro atoms. The lowest BCUT2D eigenvalue weighted by atomic mass is 10.00. The van der Waals surface area contributed by atoms with Crippen molar-refractivity contribution in [2.75, 3.05) is 13.7 Å². The van der Waals surface area contributed by atoms with Gasteiger partial charge in [-0.2, -0.15) is 0 Å². The minimum atomic E-state index is 0.0978. The summed E-state index contributed by atoms with van der Waals surface area (Å²) in [6.07, 6.45) is 3.26. The van der Waals surface area contributed by atoms with E-state index in [1.165, 1.54) is 16.8 Å². The monoisotopic (exact) mass is 362 g/mol. The highest BCUT2D eigenvalue weighted by Crippen LogP contribution is 2.37. The molecule has 0 amide bonds. The molecule has 1 aliphatic rings. The lowest BCUT2D eigenvalue weighted by Gasteiger charge is -2.31. The average molecular weight is 362 g/mol. The van der Waals surface area contributed by atoms with Crippen molar-refractivity contribution in [3.05, 3.63) is 83.2 Å². The van der Waals surface area contributed by atoms with Crippen molar-refractivity contribution in [3.8, 4) is 11.5 Å². The molecule has 4 nitrogen and oxygen atoms in total.